The first-order chi connectivity index (χ1) is 11.9. The van der Waals surface area contributed by atoms with E-state index in [0.29, 0.717) is 11.3 Å². The highest BCUT2D eigenvalue weighted by Crippen LogP contribution is 2.25. The summed E-state index contributed by atoms with van der Waals surface area (Å²) in [5.41, 5.74) is 8.20. The second kappa shape index (κ2) is 8.19. The Morgan fingerprint density at radius 1 is 0.960 bits per heavy atom. The normalized spacial score (nSPS) is 11.4. The third-order valence-corrected chi connectivity index (χ3v) is 3.80. The molecule has 0 radical (unpaired) electrons. The average Bonchev–Trinajstić information content (AvgIpc) is 2.60. The number of carbonyl (C=O) groups excluding carboxylic acids is 2. The van der Waals surface area contributed by atoms with E-state index in [2.05, 4.69) is 16.2 Å². The molecule has 6 nitrogen and oxygen atoms in total. The van der Waals surface area contributed by atoms with Gasteiger partial charge in [-0.05, 0) is 39.0 Å². The number of carbonyl (C=O) groups is 2. The number of aryl methyl sites for hydroxylation is 2. The summed E-state index contributed by atoms with van der Waals surface area (Å²) in [5, 5.41) is 2.77. The number of benzene rings is 2. The van der Waals surface area contributed by atoms with Gasteiger partial charge in [-0.2, -0.15) is 0 Å². The minimum absolute atomic E-state index is 0.286. The zero-order chi connectivity index (χ0) is 18.4. The van der Waals surface area contributed by atoms with E-state index < -0.39 is 6.03 Å². The van der Waals surface area contributed by atoms with E-state index in [-0.39, 0.29) is 11.9 Å². The molecule has 1 unspecified atom stereocenters. The molecule has 0 aliphatic carbocycles. The number of hydrazine groups is 1. The van der Waals surface area contributed by atoms with Crippen LogP contribution in [0.4, 0.5) is 4.79 Å². The van der Waals surface area contributed by atoms with Crippen LogP contribution < -0.4 is 20.9 Å². The van der Waals surface area contributed by atoms with Crippen LogP contribution >= 0.6 is 0 Å². The van der Waals surface area contributed by atoms with E-state index in [0.717, 1.165) is 16.7 Å². The molecule has 0 aromatic heterocycles. The summed E-state index contributed by atoms with van der Waals surface area (Å²) in [6, 6.07) is 12.0. The molecule has 0 fully saturated rings. The van der Waals surface area contributed by atoms with Crippen LogP contribution in [-0.4, -0.2) is 19.0 Å². The van der Waals surface area contributed by atoms with Gasteiger partial charge in [-0.1, -0.05) is 35.4 Å². The summed E-state index contributed by atoms with van der Waals surface area (Å²) >= 11 is 0. The standard InChI is InChI=1S/C19H23N3O3/c1-12-5-8-15(9-6-12)18(23)21-22-19(24)20-14(3)16-11-13(2)7-10-17(16)25-4/h5-11,14H,1-4H3,(H,21,23)(H2,20,22,24). The van der Waals surface area contributed by atoms with E-state index >= 15 is 0 Å². The number of urea groups is 1. The van der Waals surface area contributed by atoms with Crippen molar-refractivity contribution in [3.63, 3.8) is 0 Å². The van der Waals surface area contributed by atoms with Gasteiger partial charge in [0.2, 0.25) is 0 Å². The molecule has 132 valence electrons. The second-order valence-corrected chi connectivity index (χ2v) is 5.89. The Morgan fingerprint density at radius 2 is 1.60 bits per heavy atom. The maximum atomic E-state index is 12.0. The van der Waals surface area contributed by atoms with Crippen molar-refractivity contribution < 1.29 is 14.3 Å². The zero-order valence-corrected chi connectivity index (χ0v) is 14.8. The molecule has 0 aliphatic rings. The Labute approximate surface area is 147 Å². The molecule has 0 saturated heterocycles. The Kier molecular flexibility index (Phi) is 6.00. The van der Waals surface area contributed by atoms with Gasteiger partial charge in [0.05, 0.1) is 13.2 Å². The molecular weight excluding hydrogens is 318 g/mol. The molecule has 0 spiro atoms. The van der Waals surface area contributed by atoms with Crippen LogP contribution in [0.2, 0.25) is 0 Å². The Morgan fingerprint density at radius 3 is 2.24 bits per heavy atom. The topological polar surface area (TPSA) is 79.5 Å². The molecule has 0 aliphatic heterocycles. The van der Waals surface area contributed by atoms with Crippen molar-refractivity contribution in [3.8, 4) is 5.75 Å². The minimum Gasteiger partial charge on any atom is -0.496 e. The van der Waals surface area contributed by atoms with Gasteiger partial charge in [-0.3, -0.25) is 10.2 Å². The highest BCUT2D eigenvalue weighted by molar-refractivity contribution is 5.95. The van der Waals surface area contributed by atoms with Gasteiger partial charge in [-0.15, -0.1) is 0 Å². The summed E-state index contributed by atoms with van der Waals surface area (Å²) in [6.07, 6.45) is 0. The maximum Gasteiger partial charge on any atom is 0.333 e. The van der Waals surface area contributed by atoms with Gasteiger partial charge in [-0.25, -0.2) is 10.2 Å². The predicted octanol–water partition coefficient (Wildman–Crippen LogP) is 3.02. The van der Waals surface area contributed by atoms with Crippen molar-refractivity contribution in [2.24, 2.45) is 0 Å². The Bertz CT molecular complexity index is 757. The molecule has 6 heteroatoms. The summed E-state index contributed by atoms with van der Waals surface area (Å²) in [5.74, 6) is 0.318. The second-order valence-electron chi connectivity index (χ2n) is 5.89. The average molecular weight is 341 g/mol. The smallest absolute Gasteiger partial charge is 0.333 e. The summed E-state index contributed by atoms with van der Waals surface area (Å²) in [7, 11) is 1.59. The molecule has 2 aromatic rings. The fourth-order valence-corrected chi connectivity index (χ4v) is 2.39. The molecule has 2 aromatic carbocycles. The van der Waals surface area contributed by atoms with Gasteiger partial charge in [0.1, 0.15) is 5.75 Å². The Balaban J connectivity index is 1.92. The maximum absolute atomic E-state index is 12.0. The molecule has 3 N–H and O–H groups in total. The van der Waals surface area contributed by atoms with Gasteiger partial charge >= 0.3 is 6.03 Å². The van der Waals surface area contributed by atoms with E-state index in [1.54, 1.807) is 19.2 Å². The fraction of sp³-hybridized carbons (Fsp3) is 0.263. The van der Waals surface area contributed by atoms with Crippen LogP contribution in [0, 0.1) is 13.8 Å². The first kappa shape index (κ1) is 18.3. The van der Waals surface area contributed by atoms with Gasteiger partial charge in [0.15, 0.2) is 0 Å². The number of ether oxygens (including phenoxy) is 1. The molecule has 0 saturated carbocycles. The minimum atomic E-state index is -0.503. The first-order valence-corrected chi connectivity index (χ1v) is 7.98. The zero-order valence-electron chi connectivity index (χ0n) is 14.8. The highest BCUT2D eigenvalue weighted by atomic mass is 16.5. The Hall–Kier alpha value is -3.02. The van der Waals surface area contributed by atoms with Gasteiger partial charge in [0, 0.05) is 11.1 Å². The quantitative estimate of drug-likeness (QED) is 0.748. The first-order valence-electron chi connectivity index (χ1n) is 7.98. The number of hydrogen-bond acceptors (Lipinski definition) is 3. The lowest BCUT2D eigenvalue weighted by atomic mass is 10.0. The van der Waals surface area contributed by atoms with Crippen LogP contribution in [0.5, 0.6) is 5.75 Å². The van der Waals surface area contributed by atoms with Crippen LogP contribution in [0.3, 0.4) is 0 Å². The van der Waals surface area contributed by atoms with Crippen molar-refractivity contribution in [1.82, 2.24) is 16.2 Å². The van der Waals surface area contributed by atoms with Crippen molar-refractivity contribution in [2.75, 3.05) is 7.11 Å². The van der Waals surface area contributed by atoms with E-state index in [1.165, 1.54) is 0 Å². The largest absolute Gasteiger partial charge is 0.496 e. The van der Waals surface area contributed by atoms with Gasteiger partial charge in [0.25, 0.3) is 5.91 Å². The summed E-state index contributed by atoms with van der Waals surface area (Å²) in [6.45, 7) is 5.75. The molecule has 2 rings (SSSR count). The van der Waals surface area contributed by atoms with Crippen LogP contribution in [0.1, 0.15) is 40.0 Å². The third-order valence-electron chi connectivity index (χ3n) is 3.80. The van der Waals surface area contributed by atoms with E-state index in [9.17, 15) is 9.59 Å². The number of amides is 3. The van der Waals surface area contributed by atoms with Crippen LogP contribution in [0.15, 0.2) is 42.5 Å². The third kappa shape index (κ3) is 4.97. The molecule has 1 atom stereocenters. The van der Waals surface area contributed by atoms with Crippen molar-refractivity contribution in [3.05, 3.63) is 64.7 Å². The van der Waals surface area contributed by atoms with Crippen LogP contribution in [-0.2, 0) is 0 Å². The summed E-state index contributed by atoms with van der Waals surface area (Å²) in [4.78, 5) is 24.0. The number of nitrogens with one attached hydrogen (secondary N) is 3. The fourth-order valence-electron chi connectivity index (χ4n) is 2.39. The van der Waals surface area contributed by atoms with Crippen molar-refractivity contribution in [2.45, 2.75) is 26.8 Å². The molecule has 3 amide bonds. The molecule has 25 heavy (non-hydrogen) atoms. The number of hydrogen-bond donors (Lipinski definition) is 3. The predicted molar refractivity (Wildman–Crippen MR) is 96.5 cm³/mol. The van der Waals surface area contributed by atoms with Crippen molar-refractivity contribution in [1.29, 1.82) is 0 Å². The highest BCUT2D eigenvalue weighted by Gasteiger charge is 2.15. The molecule has 0 bridgehead atoms. The van der Waals surface area contributed by atoms with Gasteiger partial charge < -0.3 is 10.1 Å². The number of rotatable bonds is 4. The lowest BCUT2D eigenvalue weighted by Crippen LogP contribution is -2.47. The summed E-state index contributed by atoms with van der Waals surface area (Å²) < 4.78 is 5.33. The van der Waals surface area contributed by atoms with E-state index in [1.807, 2.05) is 51.1 Å². The lowest BCUT2D eigenvalue weighted by Gasteiger charge is -2.18. The van der Waals surface area contributed by atoms with Crippen molar-refractivity contribution >= 4 is 11.9 Å². The molecule has 0 heterocycles. The SMILES string of the molecule is COc1ccc(C)cc1C(C)NC(=O)NNC(=O)c1ccc(C)cc1. The molecular formula is C19H23N3O3. The lowest BCUT2D eigenvalue weighted by molar-refractivity contribution is 0.0936. The van der Waals surface area contributed by atoms with Crippen LogP contribution in [0.25, 0.3) is 0 Å². The van der Waals surface area contributed by atoms with E-state index in [4.69, 9.17) is 4.74 Å². The number of methoxy groups -OCH3 is 1. The monoisotopic (exact) mass is 341 g/mol.